The fourth-order valence-electron chi connectivity index (χ4n) is 1.12. The molecule has 0 aliphatic rings. The summed E-state index contributed by atoms with van der Waals surface area (Å²) in [7, 11) is 0. The lowest BCUT2D eigenvalue weighted by molar-refractivity contribution is 0.465. The first-order valence-electron chi connectivity index (χ1n) is 4.26. The lowest BCUT2D eigenvalue weighted by atomic mass is 9.97. The quantitative estimate of drug-likeness (QED) is 0.840. The number of hydrogen-bond acceptors (Lipinski definition) is 2. The molecule has 1 aromatic carbocycles. The van der Waals surface area contributed by atoms with Gasteiger partial charge < -0.3 is 10.8 Å². The van der Waals surface area contributed by atoms with E-state index in [0.717, 1.165) is 5.56 Å². The first-order chi connectivity index (χ1) is 6.02. The molecule has 1 aromatic rings. The number of hydrogen-bond donors (Lipinski definition) is 2. The van der Waals surface area contributed by atoms with Crippen molar-refractivity contribution in [2.75, 3.05) is 0 Å². The van der Waals surface area contributed by atoms with Gasteiger partial charge in [0.1, 0.15) is 5.75 Å². The van der Waals surface area contributed by atoms with Crippen LogP contribution in [-0.2, 0) is 0 Å². The van der Waals surface area contributed by atoms with Gasteiger partial charge in [-0.25, -0.2) is 0 Å². The van der Waals surface area contributed by atoms with Gasteiger partial charge in [-0.3, -0.25) is 0 Å². The zero-order valence-electron chi connectivity index (χ0n) is 7.79. The monoisotopic (exact) mass is 243 g/mol. The first kappa shape index (κ1) is 10.5. The van der Waals surface area contributed by atoms with Gasteiger partial charge in [-0.15, -0.1) is 0 Å². The molecule has 72 valence electrons. The van der Waals surface area contributed by atoms with Crippen LogP contribution < -0.4 is 5.73 Å². The number of phenols is 1. The Balaban J connectivity index is 2.97. The molecule has 13 heavy (non-hydrogen) atoms. The second-order valence-corrected chi connectivity index (χ2v) is 4.33. The molecular formula is C10H14BrNO. The maximum Gasteiger partial charge on any atom is 0.130 e. The summed E-state index contributed by atoms with van der Waals surface area (Å²) in [5.74, 6) is 0.620. The van der Waals surface area contributed by atoms with E-state index in [9.17, 15) is 5.11 Å². The summed E-state index contributed by atoms with van der Waals surface area (Å²) in [5.41, 5.74) is 6.90. The SMILES string of the molecule is CC(C)[C@H](N)c1ccc(Br)c(O)c1. The van der Waals surface area contributed by atoms with Crippen LogP contribution in [0.5, 0.6) is 5.75 Å². The van der Waals surface area contributed by atoms with Gasteiger partial charge in [0.2, 0.25) is 0 Å². The molecule has 0 unspecified atom stereocenters. The van der Waals surface area contributed by atoms with E-state index in [1.807, 2.05) is 12.1 Å². The topological polar surface area (TPSA) is 46.2 Å². The van der Waals surface area contributed by atoms with Crippen molar-refractivity contribution in [1.29, 1.82) is 0 Å². The normalized spacial score (nSPS) is 13.3. The largest absolute Gasteiger partial charge is 0.507 e. The maximum absolute atomic E-state index is 9.43. The minimum absolute atomic E-state index is 0.0148. The molecule has 0 bridgehead atoms. The number of phenolic OH excluding ortho intramolecular Hbond substituents is 1. The molecule has 3 heteroatoms. The smallest absolute Gasteiger partial charge is 0.130 e. The summed E-state index contributed by atoms with van der Waals surface area (Å²) < 4.78 is 0.701. The molecule has 0 saturated carbocycles. The van der Waals surface area contributed by atoms with Crippen molar-refractivity contribution in [2.24, 2.45) is 11.7 Å². The Hall–Kier alpha value is -0.540. The molecule has 3 N–H and O–H groups in total. The van der Waals surface area contributed by atoms with Crippen molar-refractivity contribution in [2.45, 2.75) is 19.9 Å². The van der Waals surface area contributed by atoms with E-state index in [2.05, 4.69) is 29.8 Å². The number of rotatable bonds is 2. The third-order valence-electron chi connectivity index (χ3n) is 2.07. The second-order valence-electron chi connectivity index (χ2n) is 3.48. The van der Waals surface area contributed by atoms with Gasteiger partial charge >= 0.3 is 0 Å². The Kier molecular flexibility index (Phi) is 3.33. The van der Waals surface area contributed by atoms with Crippen LogP contribution in [0.3, 0.4) is 0 Å². The molecule has 0 amide bonds. The van der Waals surface area contributed by atoms with Crippen molar-refractivity contribution in [1.82, 2.24) is 0 Å². The standard InChI is InChI=1S/C10H14BrNO/c1-6(2)10(12)7-3-4-8(11)9(13)5-7/h3-6,10,13H,12H2,1-2H3/t10-/m0/s1. The minimum Gasteiger partial charge on any atom is -0.507 e. The van der Waals surface area contributed by atoms with Crippen molar-refractivity contribution < 1.29 is 5.11 Å². The highest BCUT2D eigenvalue weighted by molar-refractivity contribution is 9.10. The summed E-state index contributed by atoms with van der Waals surface area (Å²) in [6, 6.07) is 5.43. The van der Waals surface area contributed by atoms with Crippen LogP contribution in [-0.4, -0.2) is 5.11 Å². The average Bonchev–Trinajstić information content (AvgIpc) is 2.08. The van der Waals surface area contributed by atoms with Crippen molar-refractivity contribution in [3.63, 3.8) is 0 Å². The van der Waals surface area contributed by atoms with Crippen LogP contribution in [0.15, 0.2) is 22.7 Å². The van der Waals surface area contributed by atoms with E-state index in [1.54, 1.807) is 6.07 Å². The van der Waals surface area contributed by atoms with Crippen LogP contribution >= 0.6 is 15.9 Å². The van der Waals surface area contributed by atoms with E-state index in [-0.39, 0.29) is 11.8 Å². The third kappa shape index (κ3) is 2.45. The molecule has 2 nitrogen and oxygen atoms in total. The van der Waals surface area contributed by atoms with Gasteiger partial charge in [0, 0.05) is 6.04 Å². The summed E-state index contributed by atoms with van der Waals surface area (Å²) in [5, 5.41) is 9.43. The van der Waals surface area contributed by atoms with Crippen molar-refractivity contribution >= 4 is 15.9 Å². The predicted octanol–water partition coefficient (Wildman–Crippen LogP) is 2.81. The van der Waals surface area contributed by atoms with E-state index >= 15 is 0 Å². The molecule has 1 rings (SSSR count). The molecule has 0 aliphatic carbocycles. The van der Waals surface area contributed by atoms with Crippen LogP contribution in [0.25, 0.3) is 0 Å². The zero-order chi connectivity index (χ0) is 10.0. The summed E-state index contributed by atoms with van der Waals surface area (Å²) in [4.78, 5) is 0. The van der Waals surface area contributed by atoms with Gasteiger partial charge in [-0.2, -0.15) is 0 Å². The molecule has 0 heterocycles. The number of aromatic hydroxyl groups is 1. The van der Waals surface area contributed by atoms with Gasteiger partial charge in [0.25, 0.3) is 0 Å². The Labute approximate surface area is 86.9 Å². The molecule has 0 saturated heterocycles. The zero-order valence-corrected chi connectivity index (χ0v) is 9.38. The number of halogens is 1. The number of benzene rings is 1. The predicted molar refractivity (Wildman–Crippen MR) is 57.6 cm³/mol. The van der Waals surface area contributed by atoms with E-state index in [4.69, 9.17) is 5.73 Å². The van der Waals surface area contributed by atoms with E-state index < -0.39 is 0 Å². The van der Waals surface area contributed by atoms with Crippen LogP contribution in [0, 0.1) is 5.92 Å². The van der Waals surface area contributed by atoms with Crippen molar-refractivity contribution in [3.8, 4) is 5.75 Å². The Morgan fingerprint density at radius 3 is 2.46 bits per heavy atom. The average molecular weight is 244 g/mol. The number of nitrogens with two attached hydrogens (primary N) is 1. The highest BCUT2D eigenvalue weighted by Crippen LogP contribution is 2.28. The molecule has 0 aliphatic heterocycles. The lowest BCUT2D eigenvalue weighted by Gasteiger charge is -2.16. The summed E-state index contributed by atoms with van der Waals surface area (Å²) in [6.07, 6.45) is 0. The highest BCUT2D eigenvalue weighted by Gasteiger charge is 2.11. The van der Waals surface area contributed by atoms with Crippen LogP contribution in [0.2, 0.25) is 0 Å². The Morgan fingerprint density at radius 1 is 1.38 bits per heavy atom. The highest BCUT2D eigenvalue weighted by atomic mass is 79.9. The summed E-state index contributed by atoms with van der Waals surface area (Å²) in [6.45, 7) is 4.12. The molecule has 0 fully saturated rings. The van der Waals surface area contributed by atoms with E-state index in [0.29, 0.717) is 10.4 Å². The van der Waals surface area contributed by atoms with Gasteiger partial charge in [-0.1, -0.05) is 19.9 Å². The summed E-state index contributed by atoms with van der Waals surface area (Å²) >= 11 is 3.22. The first-order valence-corrected chi connectivity index (χ1v) is 5.05. The fourth-order valence-corrected chi connectivity index (χ4v) is 1.37. The van der Waals surface area contributed by atoms with Gasteiger partial charge in [0.15, 0.2) is 0 Å². The minimum atomic E-state index is -0.0148. The van der Waals surface area contributed by atoms with Crippen LogP contribution in [0.4, 0.5) is 0 Å². The van der Waals surface area contributed by atoms with E-state index in [1.165, 1.54) is 0 Å². The van der Waals surface area contributed by atoms with Gasteiger partial charge in [-0.05, 0) is 39.5 Å². The fraction of sp³-hybridized carbons (Fsp3) is 0.400. The second kappa shape index (κ2) is 4.11. The molecule has 0 spiro atoms. The van der Waals surface area contributed by atoms with Gasteiger partial charge in [0.05, 0.1) is 4.47 Å². The van der Waals surface area contributed by atoms with Crippen LogP contribution in [0.1, 0.15) is 25.5 Å². The Morgan fingerprint density at radius 2 is 2.00 bits per heavy atom. The Bertz CT molecular complexity index is 299. The molecule has 0 aromatic heterocycles. The lowest BCUT2D eigenvalue weighted by Crippen LogP contribution is -2.16. The van der Waals surface area contributed by atoms with Crippen molar-refractivity contribution in [3.05, 3.63) is 28.2 Å². The third-order valence-corrected chi connectivity index (χ3v) is 2.74. The molecular weight excluding hydrogens is 230 g/mol. The molecule has 1 atom stereocenters. The molecule has 0 radical (unpaired) electrons. The maximum atomic E-state index is 9.43.